The number of hydrogen-bond acceptors (Lipinski definition) is 8. The zero-order valence-electron chi connectivity index (χ0n) is 18.3. The quantitative estimate of drug-likeness (QED) is 0.538. The van der Waals surface area contributed by atoms with Crippen molar-refractivity contribution in [2.75, 3.05) is 32.7 Å². The lowest BCUT2D eigenvalue weighted by Crippen LogP contribution is -2.51. The summed E-state index contributed by atoms with van der Waals surface area (Å²) in [6.07, 6.45) is 2.61. The molecule has 3 aromatic heterocycles. The predicted molar refractivity (Wildman–Crippen MR) is 127 cm³/mol. The van der Waals surface area contributed by atoms with Gasteiger partial charge in [-0.1, -0.05) is 6.07 Å². The Balaban J connectivity index is 1.19. The van der Waals surface area contributed by atoms with Crippen molar-refractivity contribution in [3.05, 3.63) is 62.6 Å². The summed E-state index contributed by atoms with van der Waals surface area (Å²) in [5.74, 6) is 0.783. The molecule has 0 unspecified atom stereocenters. The van der Waals surface area contributed by atoms with Crippen LogP contribution in [-0.2, 0) is 16.0 Å². The number of amides is 2. The van der Waals surface area contributed by atoms with Gasteiger partial charge in [0, 0.05) is 43.7 Å². The molecule has 2 aliphatic heterocycles. The van der Waals surface area contributed by atoms with Crippen molar-refractivity contribution in [2.45, 2.75) is 25.8 Å². The summed E-state index contributed by atoms with van der Waals surface area (Å²) in [6.45, 7) is 4.75. The van der Waals surface area contributed by atoms with Gasteiger partial charge in [0.2, 0.25) is 5.91 Å². The number of rotatable bonds is 6. The Morgan fingerprint density at radius 1 is 1.12 bits per heavy atom. The van der Waals surface area contributed by atoms with Crippen LogP contribution in [0.1, 0.15) is 33.8 Å². The highest BCUT2D eigenvalue weighted by molar-refractivity contribution is 7.12. The highest BCUT2D eigenvalue weighted by Gasteiger charge is 2.36. The van der Waals surface area contributed by atoms with Gasteiger partial charge >= 0.3 is 0 Å². The summed E-state index contributed by atoms with van der Waals surface area (Å²) in [5.41, 5.74) is 1.86. The van der Waals surface area contributed by atoms with Gasteiger partial charge in [-0.15, -0.1) is 22.7 Å². The second-order valence-electron chi connectivity index (χ2n) is 8.21. The lowest BCUT2D eigenvalue weighted by atomic mass is 10.1. The molecule has 10 heteroatoms. The van der Waals surface area contributed by atoms with E-state index in [2.05, 4.69) is 15.0 Å². The lowest BCUT2D eigenvalue weighted by Gasteiger charge is -2.35. The number of nitrogens with zero attached hydrogens (tertiary/aromatic N) is 5. The van der Waals surface area contributed by atoms with Gasteiger partial charge in [0.1, 0.15) is 16.8 Å². The molecule has 1 atom stereocenters. The van der Waals surface area contributed by atoms with Crippen LogP contribution in [0.4, 0.5) is 0 Å². The van der Waals surface area contributed by atoms with Gasteiger partial charge < -0.3 is 9.32 Å². The van der Waals surface area contributed by atoms with Crippen molar-refractivity contribution in [2.24, 2.45) is 5.10 Å². The third-order valence-electron chi connectivity index (χ3n) is 5.90. The number of hydrogen-bond donors (Lipinski definition) is 0. The zero-order chi connectivity index (χ0) is 22.8. The molecule has 33 heavy (non-hydrogen) atoms. The van der Waals surface area contributed by atoms with Crippen molar-refractivity contribution in [3.63, 3.8) is 0 Å². The molecule has 0 spiro atoms. The maximum Gasteiger partial charge on any atom is 0.257 e. The standard InChI is InChI=1S/C23H25N5O3S2/c1-16-15-33-21(24-16)13-22(29)27-8-6-26(7-9-27)14-23(30)28-18(19-4-2-10-31-19)12-17(25-28)20-5-3-11-32-20/h2-5,10-11,15,18H,6-9,12-14H2,1H3/t18-/m1/s1. The molecule has 0 saturated carbocycles. The van der Waals surface area contributed by atoms with Crippen molar-refractivity contribution in [1.29, 1.82) is 0 Å². The van der Waals surface area contributed by atoms with Gasteiger partial charge in [-0.05, 0) is 30.5 Å². The fourth-order valence-corrected chi connectivity index (χ4v) is 5.66. The van der Waals surface area contributed by atoms with Crippen LogP contribution in [0.15, 0.2) is 50.8 Å². The monoisotopic (exact) mass is 483 g/mol. The smallest absolute Gasteiger partial charge is 0.257 e. The van der Waals surface area contributed by atoms with Crippen LogP contribution < -0.4 is 0 Å². The molecule has 1 saturated heterocycles. The maximum absolute atomic E-state index is 13.2. The Morgan fingerprint density at radius 2 is 1.97 bits per heavy atom. The van der Waals surface area contributed by atoms with Crippen LogP contribution in [0.3, 0.4) is 0 Å². The van der Waals surface area contributed by atoms with Crippen LogP contribution in [-0.4, -0.2) is 70.0 Å². The number of piperazine rings is 1. The van der Waals surface area contributed by atoms with E-state index in [9.17, 15) is 9.59 Å². The Labute approximate surface area is 200 Å². The van der Waals surface area contributed by atoms with Gasteiger partial charge in [0.25, 0.3) is 5.91 Å². The van der Waals surface area contributed by atoms with Gasteiger partial charge in [-0.3, -0.25) is 14.5 Å². The van der Waals surface area contributed by atoms with Crippen molar-refractivity contribution < 1.29 is 14.0 Å². The minimum Gasteiger partial charge on any atom is -0.467 e. The summed E-state index contributed by atoms with van der Waals surface area (Å²) in [7, 11) is 0. The number of aryl methyl sites for hydroxylation is 1. The summed E-state index contributed by atoms with van der Waals surface area (Å²) in [5, 5.41) is 11.1. The molecule has 3 aromatic rings. The van der Waals surface area contributed by atoms with Gasteiger partial charge in [0.15, 0.2) is 0 Å². The molecule has 5 rings (SSSR count). The van der Waals surface area contributed by atoms with Crippen molar-refractivity contribution >= 4 is 40.2 Å². The third kappa shape index (κ3) is 4.92. The average Bonchev–Trinajstić information content (AvgIpc) is 3.60. The van der Waals surface area contributed by atoms with Crippen molar-refractivity contribution in [1.82, 2.24) is 19.8 Å². The molecule has 0 bridgehead atoms. The summed E-state index contributed by atoms with van der Waals surface area (Å²) >= 11 is 3.15. The van der Waals surface area contributed by atoms with E-state index in [0.717, 1.165) is 27.1 Å². The van der Waals surface area contributed by atoms with E-state index in [0.29, 0.717) is 39.0 Å². The van der Waals surface area contributed by atoms with Crippen LogP contribution in [0, 0.1) is 6.92 Å². The Kier molecular flexibility index (Phi) is 6.39. The van der Waals surface area contributed by atoms with Gasteiger partial charge in [-0.25, -0.2) is 9.99 Å². The molecule has 0 aliphatic carbocycles. The predicted octanol–water partition coefficient (Wildman–Crippen LogP) is 3.17. The summed E-state index contributed by atoms with van der Waals surface area (Å²) in [4.78, 5) is 35.3. The molecule has 0 radical (unpaired) electrons. The lowest BCUT2D eigenvalue weighted by molar-refractivity contribution is -0.136. The number of furan rings is 1. The van der Waals surface area contributed by atoms with E-state index in [1.807, 2.05) is 46.8 Å². The Bertz CT molecular complexity index is 1130. The second kappa shape index (κ2) is 9.58. The SMILES string of the molecule is Cc1csc(CC(=O)N2CCN(CC(=O)N3N=C(c4cccs4)C[C@@H]3c3ccco3)CC2)n1. The Morgan fingerprint density at radius 3 is 2.64 bits per heavy atom. The molecule has 0 aromatic carbocycles. The average molecular weight is 484 g/mol. The van der Waals surface area contributed by atoms with E-state index in [1.54, 1.807) is 22.6 Å². The number of aromatic nitrogens is 1. The first-order valence-corrected chi connectivity index (χ1v) is 12.7. The molecular formula is C23H25N5O3S2. The van der Waals surface area contributed by atoms with Gasteiger partial charge in [-0.2, -0.15) is 5.10 Å². The molecule has 1 fully saturated rings. The number of thiazole rings is 1. The first-order chi connectivity index (χ1) is 16.1. The van der Waals surface area contributed by atoms with Gasteiger partial charge in [0.05, 0.1) is 29.8 Å². The molecule has 0 N–H and O–H groups in total. The maximum atomic E-state index is 13.2. The molecule has 5 heterocycles. The van der Waals surface area contributed by atoms with Crippen LogP contribution in [0.25, 0.3) is 0 Å². The Hall–Kier alpha value is -2.82. The van der Waals surface area contributed by atoms with Crippen molar-refractivity contribution in [3.8, 4) is 0 Å². The van der Waals surface area contributed by atoms with Crippen LogP contribution >= 0.6 is 22.7 Å². The topological polar surface area (TPSA) is 82.3 Å². The van der Waals surface area contributed by atoms with E-state index < -0.39 is 0 Å². The normalized spacial score (nSPS) is 19.2. The minimum atomic E-state index is -0.228. The van der Waals surface area contributed by atoms with Crippen LogP contribution in [0.2, 0.25) is 0 Å². The highest BCUT2D eigenvalue weighted by Crippen LogP contribution is 2.34. The number of carbonyl (C=O) groups is 2. The first kappa shape index (κ1) is 22.0. The van der Waals surface area contributed by atoms with Crippen LogP contribution in [0.5, 0.6) is 0 Å². The fourth-order valence-electron chi connectivity index (χ4n) is 4.18. The number of carbonyl (C=O) groups excluding carboxylic acids is 2. The number of thiophene rings is 1. The fraction of sp³-hybridized carbons (Fsp3) is 0.391. The minimum absolute atomic E-state index is 0.0546. The summed E-state index contributed by atoms with van der Waals surface area (Å²) in [6, 6.07) is 7.52. The number of hydrazone groups is 1. The first-order valence-electron chi connectivity index (χ1n) is 10.9. The highest BCUT2D eigenvalue weighted by atomic mass is 32.1. The molecule has 2 amide bonds. The third-order valence-corrected chi connectivity index (χ3v) is 7.78. The summed E-state index contributed by atoms with van der Waals surface area (Å²) < 4.78 is 5.62. The zero-order valence-corrected chi connectivity index (χ0v) is 20.0. The van der Waals surface area contributed by atoms with E-state index >= 15 is 0 Å². The van der Waals surface area contributed by atoms with E-state index in [-0.39, 0.29) is 24.4 Å². The molecule has 8 nitrogen and oxygen atoms in total. The molecule has 172 valence electrons. The molecule has 2 aliphatic rings. The second-order valence-corrected chi connectivity index (χ2v) is 10.1. The van der Waals surface area contributed by atoms with E-state index in [1.165, 1.54) is 11.3 Å². The molecular weight excluding hydrogens is 458 g/mol. The van der Waals surface area contributed by atoms with E-state index in [4.69, 9.17) is 4.42 Å². The largest absolute Gasteiger partial charge is 0.467 e.